The topological polar surface area (TPSA) is 89.4 Å². The van der Waals surface area contributed by atoms with Crippen molar-refractivity contribution in [3.8, 4) is 0 Å². The fourth-order valence-corrected chi connectivity index (χ4v) is 3.12. The van der Waals surface area contributed by atoms with E-state index in [-0.39, 0.29) is 11.0 Å². The van der Waals surface area contributed by atoms with E-state index in [2.05, 4.69) is 0 Å². The van der Waals surface area contributed by atoms with E-state index in [0.29, 0.717) is 17.4 Å². The van der Waals surface area contributed by atoms with Crippen molar-refractivity contribution in [1.82, 2.24) is 6.15 Å². The first kappa shape index (κ1) is 15.6. The smallest absolute Gasteiger partial charge is 0.295 e. The van der Waals surface area contributed by atoms with Crippen molar-refractivity contribution in [2.75, 3.05) is 0 Å². The third-order valence-electron chi connectivity index (χ3n) is 3.02. The van der Waals surface area contributed by atoms with Gasteiger partial charge in [-0.1, -0.05) is 49.7 Å². The maximum atomic E-state index is 11.6. The van der Waals surface area contributed by atoms with Crippen LogP contribution in [0.25, 0.3) is 10.8 Å². The van der Waals surface area contributed by atoms with E-state index in [0.717, 1.165) is 18.2 Å². The summed E-state index contributed by atoms with van der Waals surface area (Å²) >= 11 is 0. The molecule has 0 bridgehead atoms. The maximum absolute atomic E-state index is 11.6. The minimum atomic E-state index is -4.19. The summed E-state index contributed by atoms with van der Waals surface area (Å²) in [4.78, 5) is 0.0639. The Bertz CT molecular complexity index is 665. The number of fused-ring (bicyclic) bond motifs is 1. The normalized spacial score (nSPS) is 11.3. The zero-order chi connectivity index (χ0) is 13.2. The third-order valence-corrected chi connectivity index (χ3v) is 4.02. The molecule has 0 aliphatic rings. The van der Waals surface area contributed by atoms with Crippen molar-refractivity contribution in [2.45, 2.75) is 31.1 Å². The van der Waals surface area contributed by atoms with Crippen LogP contribution in [0.1, 0.15) is 25.3 Å². The number of hydrogen-bond acceptors (Lipinski definition) is 3. The van der Waals surface area contributed by atoms with Gasteiger partial charge in [-0.2, -0.15) is 8.42 Å². The summed E-state index contributed by atoms with van der Waals surface area (Å²) in [6.07, 6.45) is 2.55. The van der Waals surface area contributed by atoms with Crippen LogP contribution in [-0.2, 0) is 16.5 Å². The minimum Gasteiger partial charge on any atom is -0.344 e. The van der Waals surface area contributed by atoms with Crippen molar-refractivity contribution >= 4 is 20.9 Å². The van der Waals surface area contributed by atoms with E-state index in [1.165, 1.54) is 0 Å². The highest BCUT2D eigenvalue weighted by atomic mass is 32.2. The fraction of sp³-hybridized carbons (Fsp3) is 0.286. The Morgan fingerprint density at radius 1 is 1.11 bits per heavy atom. The molecule has 5 heteroatoms. The quantitative estimate of drug-likeness (QED) is 0.838. The van der Waals surface area contributed by atoms with Gasteiger partial charge in [0.1, 0.15) is 4.90 Å². The first-order chi connectivity index (χ1) is 8.54. The molecule has 0 saturated heterocycles. The highest BCUT2D eigenvalue weighted by Crippen LogP contribution is 2.27. The summed E-state index contributed by atoms with van der Waals surface area (Å²) in [5, 5.41) is 1.42. The lowest BCUT2D eigenvalue weighted by molar-refractivity contribution is 0.483. The molecule has 0 spiro atoms. The first-order valence-electron chi connectivity index (χ1n) is 6.02. The standard InChI is InChI=1S/C14H16O3S.H3N/c1-2-3-6-12-10-9-11-7-4-5-8-13(11)14(12)18(15,16)17;/h4-5,7-10H,2-3,6H2,1H3,(H,15,16,17);1H3. The monoisotopic (exact) mass is 281 g/mol. The molecule has 0 unspecified atom stereocenters. The van der Waals surface area contributed by atoms with Crippen LogP contribution in [0.5, 0.6) is 0 Å². The van der Waals surface area contributed by atoms with Crippen LogP contribution < -0.4 is 6.15 Å². The molecule has 0 aliphatic carbocycles. The van der Waals surface area contributed by atoms with Gasteiger partial charge >= 0.3 is 0 Å². The number of aryl methyl sites for hydroxylation is 1. The Morgan fingerprint density at radius 2 is 1.79 bits per heavy atom. The molecule has 4 N–H and O–H groups in total. The number of unbranched alkanes of at least 4 members (excludes halogenated alkanes) is 1. The molecule has 0 fully saturated rings. The summed E-state index contributed by atoms with van der Waals surface area (Å²) in [5.74, 6) is 0. The highest BCUT2D eigenvalue weighted by Gasteiger charge is 2.18. The molecule has 0 atom stereocenters. The lowest BCUT2D eigenvalue weighted by Gasteiger charge is -2.10. The van der Waals surface area contributed by atoms with E-state index in [1.807, 2.05) is 25.1 Å². The molecule has 2 rings (SSSR count). The number of hydrogen-bond donors (Lipinski definition) is 2. The molecule has 0 aromatic heterocycles. The zero-order valence-corrected chi connectivity index (χ0v) is 11.8. The Labute approximate surface area is 113 Å². The average molecular weight is 281 g/mol. The van der Waals surface area contributed by atoms with Crippen molar-refractivity contribution in [3.63, 3.8) is 0 Å². The van der Waals surface area contributed by atoms with E-state index in [9.17, 15) is 13.0 Å². The minimum absolute atomic E-state index is 0. The Hall–Kier alpha value is -1.43. The Morgan fingerprint density at radius 3 is 2.42 bits per heavy atom. The van der Waals surface area contributed by atoms with Gasteiger partial charge in [0, 0.05) is 5.39 Å². The molecule has 0 saturated carbocycles. The average Bonchev–Trinajstić information content (AvgIpc) is 2.34. The van der Waals surface area contributed by atoms with Crippen molar-refractivity contribution in [2.24, 2.45) is 0 Å². The number of benzene rings is 2. The van der Waals surface area contributed by atoms with Gasteiger partial charge in [0.25, 0.3) is 10.1 Å². The second-order valence-electron chi connectivity index (χ2n) is 4.35. The van der Waals surface area contributed by atoms with Crippen molar-refractivity contribution in [1.29, 1.82) is 0 Å². The van der Waals surface area contributed by atoms with Crippen LogP contribution in [0.2, 0.25) is 0 Å². The summed E-state index contributed by atoms with van der Waals surface area (Å²) in [6, 6.07) is 10.9. The van der Waals surface area contributed by atoms with Crippen LogP contribution in [-0.4, -0.2) is 13.0 Å². The molecule has 0 amide bonds. The predicted molar refractivity (Wildman–Crippen MR) is 77.4 cm³/mol. The molecule has 2 aromatic rings. The molecule has 0 aliphatic heterocycles. The second kappa shape index (κ2) is 6.14. The Balaban J connectivity index is 0.00000180. The second-order valence-corrected chi connectivity index (χ2v) is 5.71. The van der Waals surface area contributed by atoms with Crippen molar-refractivity contribution < 1.29 is 13.0 Å². The number of rotatable bonds is 4. The van der Waals surface area contributed by atoms with Crippen LogP contribution in [0.3, 0.4) is 0 Å². The molecule has 4 nitrogen and oxygen atoms in total. The molecular weight excluding hydrogens is 262 g/mol. The summed E-state index contributed by atoms with van der Waals surface area (Å²) in [7, 11) is -4.19. The van der Waals surface area contributed by atoms with Crippen LogP contribution in [0.4, 0.5) is 0 Å². The summed E-state index contributed by atoms with van der Waals surface area (Å²) in [6.45, 7) is 2.05. The van der Waals surface area contributed by atoms with Gasteiger partial charge in [-0.15, -0.1) is 0 Å². The van der Waals surface area contributed by atoms with Gasteiger partial charge in [0.15, 0.2) is 0 Å². The Kier molecular flexibility index (Phi) is 5.05. The SMILES string of the molecule is CCCCc1ccc2ccccc2c1S(=O)(=O)O.N. The van der Waals surface area contributed by atoms with Crippen LogP contribution in [0, 0.1) is 0 Å². The highest BCUT2D eigenvalue weighted by molar-refractivity contribution is 7.86. The van der Waals surface area contributed by atoms with Crippen molar-refractivity contribution in [3.05, 3.63) is 42.0 Å². The summed E-state index contributed by atoms with van der Waals surface area (Å²) < 4.78 is 32.6. The van der Waals surface area contributed by atoms with Gasteiger partial charge in [0.2, 0.25) is 0 Å². The molecule has 2 aromatic carbocycles. The largest absolute Gasteiger partial charge is 0.344 e. The lowest BCUT2D eigenvalue weighted by Crippen LogP contribution is -2.04. The fourth-order valence-electron chi connectivity index (χ4n) is 2.16. The van der Waals surface area contributed by atoms with Gasteiger partial charge in [-0.3, -0.25) is 4.55 Å². The molecule has 19 heavy (non-hydrogen) atoms. The van der Waals surface area contributed by atoms with Gasteiger partial charge in [0.05, 0.1) is 0 Å². The summed E-state index contributed by atoms with van der Waals surface area (Å²) in [5.41, 5.74) is 0.693. The van der Waals surface area contributed by atoms with Crippen LogP contribution in [0.15, 0.2) is 41.3 Å². The van der Waals surface area contributed by atoms with E-state index in [1.54, 1.807) is 18.2 Å². The third kappa shape index (κ3) is 3.32. The van der Waals surface area contributed by atoms with Gasteiger partial charge in [-0.25, -0.2) is 0 Å². The van der Waals surface area contributed by atoms with E-state index >= 15 is 0 Å². The van der Waals surface area contributed by atoms with E-state index < -0.39 is 10.1 Å². The molecule has 104 valence electrons. The molecular formula is C14H19NO3S. The maximum Gasteiger partial charge on any atom is 0.295 e. The van der Waals surface area contributed by atoms with E-state index in [4.69, 9.17) is 0 Å². The first-order valence-corrected chi connectivity index (χ1v) is 7.46. The van der Waals surface area contributed by atoms with Gasteiger partial charge in [-0.05, 0) is 23.8 Å². The van der Waals surface area contributed by atoms with Crippen LogP contribution >= 0.6 is 0 Å². The van der Waals surface area contributed by atoms with Gasteiger partial charge < -0.3 is 6.15 Å². The molecule has 0 heterocycles. The zero-order valence-electron chi connectivity index (χ0n) is 11.0. The molecule has 0 radical (unpaired) electrons. The lowest BCUT2D eigenvalue weighted by atomic mass is 10.0. The predicted octanol–water partition coefficient (Wildman–Crippen LogP) is 3.59.